The Morgan fingerprint density at radius 3 is 2.00 bits per heavy atom. The first-order valence-corrected chi connectivity index (χ1v) is 20.2. The molecule has 0 aliphatic rings. The van der Waals surface area contributed by atoms with Gasteiger partial charge < -0.3 is 9.13 Å². The Labute approximate surface area is 338 Å². The van der Waals surface area contributed by atoms with E-state index < -0.39 is 0 Å². The highest BCUT2D eigenvalue weighted by Gasteiger charge is 2.25. The topological polar surface area (TPSA) is 48.5 Å². The second-order valence-electron chi connectivity index (χ2n) is 14.5. The van der Waals surface area contributed by atoms with Gasteiger partial charge in [0, 0.05) is 53.0 Å². The zero-order valence-corrected chi connectivity index (χ0v) is 32.5. The lowest BCUT2D eigenvalue weighted by molar-refractivity contribution is 1.03. The maximum absolute atomic E-state index is 5.36. The third-order valence-corrected chi connectivity index (χ3v) is 12.2. The summed E-state index contributed by atoms with van der Waals surface area (Å²) in [7, 11) is 0. The zero-order chi connectivity index (χ0) is 38.7. The van der Waals surface area contributed by atoms with E-state index in [9.17, 15) is 0 Å². The number of fused-ring (bicyclic) bond motifs is 10. The molecule has 0 saturated carbocycles. The molecule has 0 N–H and O–H groups in total. The highest BCUT2D eigenvalue weighted by atomic mass is 32.1. The minimum Gasteiger partial charge on any atom is -0.309 e. The number of aromatic nitrogens is 5. The molecular weight excluding hydrogens is 727 g/mol. The molecule has 0 saturated heterocycles. The molecule has 0 atom stereocenters. The van der Waals surface area contributed by atoms with Gasteiger partial charge in [-0.05, 0) is 61.0 Å². The monoisotopic (exact) mass is 761 g/mol. The lowest BCUT2D eigenvalue weighted by atomic mass is 10.0. The van der Waals surface area contributed by atoms with E-state index in [1.165, 1.54) is 47.4 Å². The van der Waals surface area contributed by atoms with Crippen LogP contribution in [-0.2, 0) is 0 Å². The van der Waals surface area contributed by atoms with E-state index in [4.69, 9.17) is 15.0 Å². The van der Waals surface area contributed by atoms with Crippen molar-refractivity contribution in [3.05, 3.63) is 194 Å². The molecule has 0 fully saturated rings. The summed E-state index contributed by atoms with van der Waals surface area (Å²) in [5.74, 6) is 1.87. The molecule has 0 aliphatic carbocycles. The molecule has 58 heavy (non-hydrogen) atoms. The Hall–Kier alpha value is -7.41. The minimum atomic E-state index is 0.622. The summed E-state index contributed by atoms with van der Waals surface area (Å²) in [5.41, 5.74) is 9.54. The molecule has 11 aromatic rings. The number of benzene rings is 7. The first-order valence-electron chi connectivity index (χ1n) is 19.4. The van der Waals surface area contributed by atoms with Crippen LogP contribution in [0.5, 0.6) is 0 Å². The molecule has 0 unspecified atom stereocenters. The van der Waals surface area contributed by atoms with Crippen LogP contribution in [0.2, 0.25) is 0 Å². The number of para-hydroxylation sites is 3. The summed E-state index contributed by atoms with van der Waals surface area (Å²) in [4.78, 5) is 15.8. The van der Waals surface area contributed by atoms with Gasteiger partial charge in [0.2, 0.25) is 0 Å². The van der Waals surface area contributed by atoms with Crippen LogP contribution in [0.1, 0.15) is 12.7 Å². The van der Waals surface area contributed by atoms with Crippen molar-refractivity contribution < 1.29 is 0 Å². The summed E-state index contributed by atoms with van der Waals surface area (Å²) >= 11 is 1.80. The van der Waals surface area contributed by atoms with Crippen LogP contribution in [0.3, 0.4) is 0 Å². The van der Waals surface area contributed by atoms with E-state index in [2.05, 4.69) is 155 Å². The third kappa shape index (κ3) is 5.26. The molecule has 5 nitrogen and oxygen atoms in total. The Kier molecular flexibility index (Phi) is 7.98. The van der Waals surface area contributed by atoms with Crippen molar-refractivity contribution in [3.8, 4) is 34.2 Å². The average Bonchev–Trinajstić information content (AvgIpc) is 3.94. The predicted molar refractivity (Wildman–Crippen MR) is 245 cm³/mol. The molecule has 0 radical (unpaired) electrons. The second-order valence-corrected chi connectivity index (χ2v) is 15.6. The van der Waals surface area contributed by atoms with Crippen molar-refractivity contribution in [3.63, 3.8) is 0 Å². The van der Waals surface area contributed by atoms with Gasteiger partial charge in [0.1, 0.15) is 0 Å². The Morgan fingerprint density at radius 2 is 1.21 bits per heavy atom. The fourth-order valence-corrected chi connectivity index (χ4v) is 9.68. The van der Waals surface area contributed by atoms with Crippen molar-refractivity contribution in [2.24, 2.45) is 0 Å². The molecular formula is C52H35N5S. The standard InChI is InChI=1S/C52H35N5S/c1-3-4-7-18-33(2)50-53-51(34-19-8-5-9-20-34)55-52(54-50)48-43(31-32-45-47(48)39-25-14-17-28-44(39)58-45)57-41-27-16-13-24-38(41)46-42(57)30-29-37-36-23-12-15-26-40(36)56(49(37)46)35-21-10-6-11-22-35/h3-32H,1H2,2H3/b7-4-,33-18+. The van der Waals surface area contributed by atoms with Gasteiger partial charge in [-0.3, -0.25) is 0 Å². The zero-order valence-electron chi connectivity index (χ0n) is 31.7. The van der Waals surface area contributed by atoms with E-state index >= 15 is 0 Å². The van der Waals surface area contributed by atoms with E-state index in [-0.39, 0.29) is 0 Å². The maximum Gasteiger partial charge on any atom is 0.166 e. The molecule has 274 valence electrons. The summed E-state index contributed by atoms with van der Waals surface area (Å²) < 4.78 is 7.26. The number of hydrogen-bond acceptors (Lipinski definition) is 4. The van der Waals surface area contributed by atoms with Gasteiger partial charge in [0.15, 0.2) is 17.5 Å². The maximum atomic E-state index is 5.36. The van der Waals surface area contributed by atoms with Gasteiger partial charge in [-0.25, -0.2) is 15.0 Å². The van der Waals surface area contributed by atoms with Crippen molar-refractivity contribution in [2.75, 3.05) is 0 Å². The highest BCUT2D eigenvalue weighted by Crippen LogP contribution is 2.47. The Bertz CT molecular complexity index is 3480. The van der Waals surface area contributed by atoms with Crippen LogP contribution in [0.25, 0.3) is 104 Å². The van der Waals surface area contributed by atoms with Crippen LogP contribution in [0.15, 0.2) is 189 Å². The van der Waals surface area contributed by atoms with Gasteiger partial charge in [0.25, 0.3) is 0 Å². The average molecular weight is 762 g/mol. The van der Waals surface area contributed by atoms with E-state index in [0.717, 1.165) is 44.5 Å². The Morgan fingerprint density at radius 1 is 0.534 bits per heavy atom. The van der Waals surface area contributed by atoms with E-state index in [1.807, 2.05) is 43.4 Å². The first kappa shape index (κ1) is 33.9. The largest absolute Gasteiger partial charge is 0.309 e. The normalized spacial score (nSPS) is 12.3. The van der Waals surface area contributed by atoms with Crippen molar-refractivity contribution >= 4 is 80.7 Å². The highest BCUT2D eigenvalue weighted by molar-refractivity contribution is 7.26. The molecule has 0 spiro atoms. The fraction of sp³-hybridized carbons (Fsp3) is 0.0192. The smallest absolute Gasteiger partial charge is 0.166 e. The number of hydrogen-bond donors (Lipinski definition) is 0. The molecule has 4 aromatic heterocycles. The van der Waals surface area contributed by atoms with Gasteiger partial charge in [-0.2, -0.15) is 0 Å². The number of rotatable bonds is 7. The molecule has 4 heterocycles. The van der Waals surface area contributed by atoms with Crippen LogP contribution in [0, 0.1) is 0 Å². The van der Waals surface area contributed by atoms with Gasteiger partial charge in [-0.15, -0.1) is 11.3 Å². The molecule has 7 aromatic carbocycles. The first-order chi connectivity index (χ1) is 28.7. The number of allylic oxidation sites excluding steroid dienone is 5. The predicted octanol–water partition coefficient (Wildman–Crippen LogP) is 13.9. The van der Waals surface area contributed by atoms with Crippen LogP contribution in [0.4, 0.5) is 0 Å². The lowest BCUT2D eigenvalue weighted by Gasteiger charge is -2.16. The Balaban J connectivity index is 1.30. The van der Waals surface area contributed by atoms with Crippen LogP contribution < -0.4 is 0 Å². The van der Waals surface area contributed by atoms with Crippen LogP contribution in [-0.4, -0.2) is 24.1 Å². The molecule has 6 heteroatoms. The van der Waals surface area contributed by atoms with Crippen molar-refractivity contribution in [1.82, 2.24) is 24.1 Å². The van der Waals surface area contributed by atoms with Crippen molar-refractivity contribution in [2.45, 2.75) is 6.92 Å². The summed E-state index contributed by atoms with van der Waals surface area (Å²) in [6.07, 6.45) is 7.68. The second kappa shape index (κ2) is 13.7. The van der Waals surface area contributed by atoms with Crippen molar-refractivity contribution in [1.29, 1.82) is 0 Å². The summed E-state index contributed by atoms with van der Waals surface area (Å²) in [6.45, 7) is 5.90. The van der Waals surface area contributed by atoms with Gasteiger partial charge >= 0.3 is 0 Å². The number of nitrogens with zero attached hydrogens (tertiary/aromatic N) is 5. The number of thiophene rings is 1. The van der Waals surface area contributed by atoms with Gasteiger partial charge in [0.05, 0.1) is 33.3 Å². The lowest BCUT2D eigenvalue weighted by Crippen LogP contribution is -2.05. The summed E-state index contributed by atoms with van der Waals surface area (Å²) in [6, 6.07) is 56.2. The van der Waals surface area contributed by atoms with E-state index in [1.54, 1.807) is 17.4 Å². The van der Waals surface area contributed by atoms with Gasteiger partial charge in [-0.1, -0.05) is 140 Å². The quantitative estimate of drug-likeness (QED) is 0.152. The fourth-order valence-electron chi connectivity index (χ4n) is 8.57. The summed E-state index contributed by atoms with van der Waals surface area (Å²) in [5, 5.41) is 7.13. The molecule has 0 amide bonds. The van der Waals surface area contributed by atoms with E-state index in [0.29, 0.717) is 17.5 Å². The SMILES string of the molecule is C=C/C=C\C=C(/C)c1nc(-c2ccccc2)nc(-c2c(-n3c4ccccc4c4c3ccc3c5ccccc5n(-c5ccccc5)c34)ccc3sc4ccccc4c23)n1. The third-order valence-electron chi connectivity index (χ3n) is 11.1. The molecule has 0 bridgehead atoms. The molecule has 0 aliphatic heterocycles. The minimum absolute atomic E-state index is 0.622. The molecule has 11 rings (SSSR count). The van der Waals surface area contributed by atoms with Crippen LogP contribution >= 0.6 is 11.3 Å².